The van der Waals surface area contributed by atoms with E-state index in [9.17, 15) is 0 Å². The van der Waals surface area contributed by atoms with Gasteiger partial charge in [-0.2, -0.15) is 10.4 Å². The Bertz CT molecular complexity index is 688. The highest BCUT2D eigenvalue weighted by molar-refractivity contribution is 6.31. The molecule has 110 valence electrons. The van der Waals surface area contributed by atoms with Gasteiger partial charge in [-0.25, -0.2) is 0 Å². The fraction of sp³-hybridized carbons (Fsp3) is 0.333. The first-order valence-electron chi connectivity index (χ1n) is 6.77. The van der Waals surface area contributed by atoms with Crippen LogP contribution in [0.4, 0.5) is 5.69 Å². The molecule has 0 aliphatic rings. The predicted octanol–water partition coefficient (Wildman–Crippen LogP) is 3.15. The zero-order valence-electron chi connectivity index (χ0n) is 12.1. The van der Waals surface area contributed by atoms with Crippen LogP contribution in [0.3, 0.4) is 0 Å². The smallest absolute Gasteiger partial charge is 0.142 e. The van der Waals surface area contributed by atoms with Crippen molar-refractivity contribution in [3.63, 3.8) is 0 Å². The number of nitrogens with two attached hydrogens (primary N) is 1. The second kappa shape index (κ2) is 6.51. The van der Waals surface area contributed by atoms with Crippen molar-refractivity contribution in [3.05, 3.63) is 40.2 Å². The van der Waals surface area contributed by atoms with Gasteiger partial charge in [-0.1, -0.05) is 18.5 Å². The molecule has 0 bridgehead atoms. The minimum atomic E-state index is 0.287. The van der Waals surface area contributed by atoms with Crippen LogP contribution in [-0.2, 0) is 19.6 Å². The van der Waals surface area contributed by atoms with Crippen LogP contribution < -0.4 is 10.5 Å². The summed E-state index contributed by atoms with van der Waals surface area (Å²) in [5.74, 6) is 0.534. The van der Waals surface area contributed by atoms with Crippen LogP contribution in [0.1, 0.15) is 30.8 Å². The summed E-state index contributed by atoms with van der Waals surface area (Å²) in [6.45, 7) is 5.02. The number of hydrogen-bond donors (Lipinski definition) is 1. The molecular formula is C15H17ClN4O. The first-order valence-corrected chi connectivity index (χ1v) is 7.14. The number of aromatic nitrogens is 2. The Morgan fingerprint density at radius 1 is 1.43 bits per heavy atom. The Hall–Kier alpha value is -2.19. The molecule has 1 aromatic heterocycles. The van der Waals surface area contributed by atoms with E-state index in [2.05, 4.69) is 5.10 Å². The number of nitrogen functional groups attached to an aromatic ring is 1. The van der Waals surface area contributed by atoms with E-state index < -0.39 is 0 Å². The lowest BCUT2D eigenvalue weighted by Crippen LogP contribution is -2.07. The van der Waals surface area contributed by atoms with E-state index in [1.807, 2.05) is 24.6 Å². The number of hydrogen-bond acceptors (Lipinski definition) is 4. The van der Waals surface area contributed by atoms with Crippen molar-refractivity contribution >= 4 is 17.3 Å². The molecule has 0 unspecified atom stereocenters. The minimum Gasteiger partial charge on any atom is -0.485 e. The lowest BCUT2D eigenvalue weighted by molar-refractivity contribution is 0.294. The van der Waals surface area contributed by atoms with Crippen LogP contribution >= 0.6 is 11.6 Å². The zero-order valence-corrected chi connectivity index (χ0v) is 12.8. The van der Waals surface area contributed by atoms with E-state index in [1.54, 1.807) is 18.2 Å². The highest BCUT2D eigenvalue weighted by Crippen LogP contribution is 2.26. The van der Waals surface area contributed by atoms with Gasteiger partial charge >= 0.3 is 0 Å². The summed E-state index contributed by atoms with van der Waals surface area (Å²) in [6, 6.07) is 6.98. The van der Waals surface area contributed by atoms with E-state index in [0.717, 1.165) is 24.4 Å². The molecular weight excluding hydrogens is 288 g/mol. The first-order chi connectivity index (χ1) is 10.1. The molecule has 2 N–H and O–H groups in total. The lowest BCUT2D eigenvalue weighted by atomic mass is 10.2. The van der Waals surface area contributed by atoms with Crippen molar-refractivity contribution in [1.29, 1.82) is 5.26 Å². The van der Waals surface area contributed by atoms with Gasteiger partial charge in [-0.3, -0.25) is 4.68 Å². The molecule has 2 aromatic rings. The third-order valence-corrected chi connectivity index (χ3v) is 3.63. The fourth-order valence-electron chi connectivity index (χ4n) is 2.05. The Kier molecular flexibility index (Phi) is 4.71. The van der Waals surface area contributed by atoms with E-state index in [0.29, 0.717) is 22.0 Å². The van der Waals surface area contributed by atoms with Crippen molar-refractivity contribution < 1.29 is 4.74 Å². The van der Waals surface area contributed by atoms with E-state index in [4.69, 9.17) is 27.3 Å². The maximum atomic E-state index is 8.82. The number of nitriles is 1. The van der Waals surface area contributed by atoms with Gasteiger partial charge in [0.25, 0.3) is 0 Å². The number of ether oxygens (including phenoxy) is 1. The number of rotatable bonds is 5. The molecule has 1 aromatic carbocycles. The maximum absolute atomic E-state index is 8.82. The summed E-state index contributed by atoms with van der Waals surface area (Å²) in [7, 11) is 0. The highest BCUT2D eigenvalue weighted by atomic mass is 35.5. The average Bonchev–Trinajstić information content (AvgIpc) is 2.81. The molecule has 0 atom stereocenters. The summed E-state index contributed by atoms with van der Waals surface area (Å²) in [4.78, 5) is 0. The monoisotopic (exact) mass is 304 g/mol. The van der Waals surface area contributed by atoms with Gasteiger partial charge in [0.05, 0.1) is 33.7 Å². The third kappa shape index (κ3) is 3.11. The van der Waals surface area contributed by atoms with Gasteiger partial charge in [0, 0.05) is 6.54 Å². The van der Waals surface area contributed by atoms with Gasteiger partial charge in [0.2, 0.25) is 0 Å². The lowest BCUT2D eigenvalue weighted by Gasteiger charge is -2.10. The van der Waals surface area contributed by atoms with Crippen LogP contribution in [0.2, 0.25) is 5.02 Å². The van der Waals surface area contributed by atoms with Crippen molar-refractivity contribution in [2.24, 2.45) is 0 Å². The van der Waals surface area contributed by atoms with E-state index >= 15 is 0 Å². The normalized spacial score (nSPS) is 10.4. The Balaban J connectivity index is 2.20. The average molecular weight is 305 g/mol. The standard InChI is InChI=1S/C15H17ClN4O/c1-3-12-15(16)13(20(4-2)19-12)9-21-14-6-5-10(8-17)7-11(14)18/h5-7H,3-4,9,18H2,1-2H3. The first kappa shape index (κ1) is 15.2. The number of benzene rings is 1. The second-order valence-electron chi connectivity index (χ2n) is 4.53. The molecule has 0 aliphatic carbocycles. The molecule has 0 amide bonds. The SMILES string of the molecule is CCc1nn(CC)c(COc2ccc(C#N)cc2N)c1Cl. The van der Waals surface area contributed by atoms with Crippen molar-refractivity contribution in [2.75, 3.05) is 5.73 Å². The van der Waals surface area contributed by atoms with Crippen LogP contribution in [0.15, 0.2) is 18.2 Å². The molecule has 0 saturated carbocycles. The summed E-state index contributed by atoms with van der Waals surface area (Å²) < 4.78 is 7.56. The molecule has 0 spiro atoms. The summed E-state index contributed by atoms with van der Waals surface area (Å²) in [6.07, 6.45) is 0.776. The minimum absolute atomic E-state index is 0.287. The summed E-state index contributed by atoms with van der Waals surface area (Å²) in [5.41, 5.74) is 8.51. The summed E-state index contributed by atoms with van der Waals surface area (Å²) in [5, 5.41) is 13.9. The quantitative estimate of drug-likeness (QED) is 0.861. The van der Waals surface area contributed by atoms with Gasteiger partial charge in [0.15, 0.2) is 0 Å². The van der Waals surface area contributed by atoms with E-state index in [-0.39, 0.29) is 6.61 Å². The molecule has 5 nitrogen and oxygen atoms in total. The zero-order chi connectivity index (χ0) is 15.4. The third-order valence-electron chi connectivity index (χ3n) is 3.20. The Labute approximate surface area is 128 Å². The van der Waals surface area contributed by atoms with Gasteiger partial charge in [-0.15, -0.1) is 0 Å². The fourth-order valence-corrected chi connectivity index (χ4v) is 2.37. The number of aryl methyl sites for hydroxylation is 2. The molecule has 0 saturated heterocycles. The van der Waals surface area contributed by atoms with E-state index in [1.165, 1.54) is 0 Å². The molecule has 6 heteroatoms. The number of nitrogens with zero attached hydrogens (tertiary/aromatic N) is 3. The van der Waals surface area contributed by atoms with Gasteiger partial charge in [-0.05, 0) is 31.5 Å². The van der Waals surface area contributed by atoms with Gasteiger partial charge < -0.3 is 10.5 Å². The van der Waals surface area contributed by atoms with Crippen LogP contribution in [0, 0.1) is 11.3 Å². The highest BCUT2D eigenvalue weighted by Gasteiger charge is 2.15. The van der Waals surface area contributed by atoms with Crippen molar-refractivity contribution in [2.45, 2.75) is 33.4 Å². The predicted molar refractivity (Wildman–Crippen MR) is 82.2 cm³/mol. The summed E-state index contributed by atoms with van der Waals surface area (Å²) >= 11 is 6.32. The number of halogens is 1. The topological polar surface area (TPSA) is 76.9 Å². The maximum Gasteiger partial charge on any atom is 0.142 e. The van der Waals surface area contributed by atoms with Crippen LogP contribution in [0.5, 0.6) is 5.75 Å². The van der Waals surface area contributed by atoms with Crippen molar-refractivity contribution in [3.8, 4) is 11.8 Å². The molecule has 0 fully saturated rings. The van der Waals surface area contributed by atoms with Crippen LogP contribution in [-0.4, -0.2) is 9.78 Å². The molecule has 2 rings (SSSR count). The van der Waals surface area contributed by atoms with Gasteiger partial charge in [0.1, 0.15) is 12.4 Å². The Morgan fingerprint density at radius 2 is 2.19 bits per heavy atom. The molecule has 0 aliphatic heterocycles. The van der Waals surface area contributed by atoms with Crippen molar-refractivity contribution in [1.82, 2.24) is 9.78 Å². The van der Waals surface area contributed by atoms with Crippen LogP contribution in [0.25, 0.3) is 0 Å². The largest absolute Gasteiger partial charge is 0.485 e. The number of anilines is 1. The second-order valence-corrected chi connectivity index (χ2v) is 4.91. The molecule has 21 heavy (non-hydrogen) atoms. The molecule has 1 heterocycles. The molecule has 0 radical (unpaired) electrons. The Morgan fingerprint density at radius 3 is 2.76 bits per heavy atom.